The second-order valence-electron chi connectivity index (χ2n) is 5.70. The van der Waals surface area contributed by atoms with Crippen molar-refractivity contribution in [3.63, 3.8) is 0 Å². The summed E-state index contributed by atoms with van der Waals surface area (Å²) < 4.78 is 25.6. The molecule has 1 amide bonds. The number of benzene rings is 1. The molecular weight excluding hydrogens is 332 g/mol. The second-order valence-corrected chi connectivity index (χ2v) is 8.81. The summed E-state index contributed by atoms with van der Waals surface area (Å²) in [7, 11) is -0.117. The van der Waals surface area contributed by atoms with Gasteiger partial charge in [-0.25, -0.2) is 13.1 Å². The number of nitrogens with zero attached hydrogens (tertiary/aromatic N) is 1. The Hall–Kier alpha value is -1.05. The number of amides is 1. The largest absolute Gasteiger partial charge is 0.343 e. The minimum absolute atomic E-state index is 0.161. The molecule has 0 bridgehead atoms. The highest BCUT2D eigenvalue weighted by Crippen LogP contribution is 2.21. The Morgan fingerprint density at radius 2 is 1.87 bits per heavy atom. The first-order chi connectivity index (χ1) is 10.9. The third-order valence-corrected chi connectivity index (χ3v) is 6.74. The van der Waals surface area contributed by atoms with E-state index in [4.69, 9.17) is 0 Å². The number of nitrogens with one attached hydrogen (secondary N) is 1. The van der Waals surface area contributed by atoms with Gasteiger partial charge in [-0.15, -0.1) is 0 Å². The summed E-state index contributed by atoms with van der Waals surface area (Å²) in [5, 5.41) is 0. The van der Waals surface area contributed by atoms with Gasteiger partial charge in [0.25, 0.3) is 0 Å². The van der Waals surface area contributed by atoms with Gasteiger partial charge in [-0.1, -0.05) is 12.1 Å². The predicted octanol–water partition coefficient (Wildman–Crippen LogP) is 1.88. The number of sulfonamides is 1. The van der Waals surface area contributed by atoms with Crippen LogP contribution in [-0.4, -0.2) is 50.9 Å². The Kier molecular flexibility index (Phi) is 6.50. The lowest BCUT2D eigenvalue weighted by atomic mass is 10.1. The van der Waals surface area contributed by atoms with E-state index >= 15 is 0 Å². The zero-order valence-corrected chi connectivity index (χ0v) is 15.3. The van der Waals surface area contributed by atoms with E-state index in [1.807, 2.05) is 23.7 Å². The third-order valence-electron chi connectivity index (χ3n) is 4.26. The van der Waals surface area contributed by atoms with E-state index in [0.29, 0.717) is 18.9 Å². The Bertz CT molecular complexity index is 623. The molecule has 0 saturated carbocycles. The zero-order valence-electron chi connectivity index (χ0n) is 13.6. The Morgan fingerprint density at radius 1 is 1.26 bits per heavy atom. The fourth-order valence-electron chi connectivity index (χ4n) is 2.66. The standard InChI is InChI=1S/C16H24N2O3S2/c1-17-23(20,21)15-6-3-13(4-7-15)5-8-16(19)18(2)14-9-11-22-12-10-14/h3-4,6-7,14,17H,5,8-12H2,1-2H3. The molecule has 5 nitrogen and oxygen atoms in total. The quantitative estimate of drug-likeness (QED) is 0.845. The first-order valence-electron chi connectivity index (χ1n) is 7.80. The highest BCUT2D eigenvalue weighted by Gasteiger charge is 2.21. The molecule has 128 valence electrons. The zero-order chi connectivity index (χ0) is 16.9. The number of aryl methyl sites for hydroxylation is 1. The molecule has 7 heteroatoms. The summed E-state index contributed by atoms with van der Waals surface area (Å²) in [6, 6.07) is 7.07. The van der Waals surface area contributed by atoms with Crippen LogP contribution in [0, 0.1) is 0 Å². The molecular formula is C16H24N2O3S2. The summed E-state index contributed by atoms with van der Waals surface area (Å²) in [4.78, 5) is 14.4. The fraction of sp³-hybridized carbons (Fsp3) is 0.562. The van der Waals surface area contributed by atoms with Gasteiger partial charge in [-0.2, -0.15) is 11.8 Å². The molecule has 0 radical (unpaired) electrons. The molecule has 1 aromatic carbocycles. The van der Waals surface area contributed by atoms with Crippen molar-refractivity contribution in [2.45, 2.75) is 36.6 Å². The van der Waals surface area contributed by atoms with Crippen LogP contribution in [0.2, 0.25) is 0 Å². The van der Waals surface area contributed by atoms with Crippen LogP contribution >= 0.6 is 11.8 Å². The smallest absolute Gasteiger partial charge is 0.240 e. The lowest BCUT2D eigenvalue weighted by Gasteiger charge is -2.31. The molecule has 1 heterocycles. The van der Waals surface area contributed by atoms with Gasteiger partial charge in [0.15, 0.2) is 0 Å². The summed E-state index contributed by atoms with van der Waals surface area (Å²) >= 11 is 1.95. The summed E-state index contributed by atoms with van der Waals surface area (Å²) in [6.07, 6.45) is 3.23. The van der Waals surface area contributed by atoms with Crippen LogP contribution in [0.5, 0.6) is 0 Å². The van der Waals surface area contributed by atoms with E-state index in [-0.39, 0.29) is 10.8 Å². The Labute approximate surface area is 142 Å². The molecule has 0 aliphatic carbocycles. The monoisotopic (exact) mass is 356 g/mol. The minimum Gasteiger partial charge on any atom is -0.343 e. The number of hydrogen-bond acceptors (Lipinski definition) is 4. The maximum Gasteiger partial charge on any atom is 0.240 e. The van der Waals surface area contributed by atoms with E-state index in [1.54, 1.807) is 24.3 Å². The van der Waals surface area contributed by atoms with Crippen LogP contribution in [0.15, 0.2) is 29.2 Å². The summed E-state index contributed by atoms with van der Waals surface area (Å²) in [6.45, 7) is 0. The average molecular weight is 357 g/mol. The number of rotatable bonds is 6. The van der Waals surface area contributed by atoms with Crippen molar-refractivity contribution in [2.75, 3.05) is 25.6 Å². The van der Waals surface area contributed by atoms with Gasteiger partial charge < -0.3 is 4.90 Å². The topological polar surface area (TPSA) is 66.5 Å². The molecule has 1 aliphatic heterocycles. The van der Waals surface area contributed by atoms with Crippen LogP contribution in [0.4, 0.5) is 0 Å². The van der Waals surface area contributed by atoms with Crippen LogP contribution in [0.1, 0.15) is 24.8 Å². The third kappa shape index (κ3) is 4.96. The van der Waals surface area contributed by atoms with Crippen LogP contribution < -0.4 is 4.72 Å². The molecule has 0 spiro atoms. The molecule has 0 unspecified atom stereocenters. The number of thioether (sulfide) groups is 1. The van der Waals surface area contributed by atoms with Crippen molar-refractivity contribution in [3.05, 3.63) is 29.8 Å². The molecule has 1 aromatic rings. The number of carbonyl (C=O) groups is 1. The maximum absolute atomic E-state index is 12.3. The van der Waals surface area contributed by atoms with Gasteiger partial charge in [-0.05, 0) is 55.5 Å². The molecule has 2 rings (SSSR count). The molecule has 1 N–H and O–H groups in total. The van der Waals surface area contributed by atoms with Crippen molar-refractivity contribution in [1.82, 2.24) is 9.62 Å². The van der Waals surface area contributed by atoms with Crippen LogP contribution in [0.25, 0.3) is 0 Å². The van der Waals surface area contributed by atoms with E-state index in [2.05, 4.69) is 4.72 Å². The van der Waals surface area contributed by atoms with Gasteiger partial charge in [0.1, 0.15) is 0 Å². The molecule has 1 aliphatic rings. The number of carbonyl (C=O) groups excluding carboxylic acids is 1. The van der Waals surface area contributed by atoms with E-state index in [9.17, 15) is 13.2 Å². The van der Waals surface area contributed by atoms with E-state index in [0.717, 1.165) is 29.9 Å². The van der Waals surface area contributed by atoms with Gasteiger partial charge in [-0.3, -0.25) is 4.79 Å². The molecule has 1 saturated heterocycles. The average Bonchev–Trinajstić information content (AvgIpc) is 2.60. The highest BCUT2D eigenvalue weighted by atomic mass is 32.2. The van der Waals surface area contributed by atoms with Crippen molar-refractivity contribution in [2.24, 2.45) is 0 Å². The first-order valence-corrected chi connectivity index (χ1v) is 10.4. The Balaban J connectivity index is 1.89. The number of hydrogen-bond donors (Lipinski definition) is 1. The van der Waals surface area contributed by atoms with Gasteiger partial charge in [0.2, 0.25) is 15.9 Å². The lowest BCUT2D eigenvalue weighted by molar-refractivity contribution is -0.132. The van der Waals surface area contributed by atoms with Crippen molar-refractivity contribution in [3.8, 4) is 0 Å². The minimum atomic E-state index is -3.40. The second kappa shape index (κ2) is 8.17. The van der Waals surface area contributed by atoms with Crippen molar-refractivity contribution >= 4 is 27.7 Å². The van der Waals surface area contributed by atoms with Crippen LogP contribution in [-0.2, 0) is 21.2 Å². The van der Waals surface area contributed by atoms with Gasteiger partial charge in [0.05, 0.1) is 4.90 Å². The maximum atomic E-state index is 12.3. The molecule has 23 heavy (non-hydrogen) atoms. The summed E-state index contributed by atoms with van der Waals surface area (Å²) in [5.41, 5.74) is 0.973. The molecule has 0 atom stereocenters. The highest BCUT2D eigenvalue weighted by molar-refractivity contribution is 7.99. The van der Waals surface area contributed by atoms with Gasteiger partial charge in [0, 0.05) is 19.5 Å². The first kappa shape index (κ1) is 18.3. The van der Waals surface area contributed by atoms with E-state index in [1.165, 1.54) is 7.05 Å². The van der Waals surface area contributed by atoms with Crippen LogP contribution in [0.3, 0.4) is 0 Å². The van der Waals surface area contributed by atoms with Crippen molar-refractivity contribution in [1.29, 1.82) is 0 Å². The molecule has 0 aromatic heterocycles. The predicted molar refractivity (Wildman–Crippen MR) is 94.1 cm³/mol. The van der Waals surface area contributed by atoms with Crippen molar-refractivity contribution < 1.29 is 13.2 Å². The van der Waals surface area contributed by atoms with E-state index < -0.39 is 10.0 Å². The SMILES string of the molecule is CNS(=O)(=O)c1ccc(CCC(=O)N(C)C2CCSCC2)cc1. The lowest BCUT2D eigenvalue weighted by Crippen LogP contribution is -2.39. The summed E-state index contributed by atoms with van der Waals surface area (Å²) in [5.74, 6) is 2.42. The Morgan fingerprint density at radius 3 is 2.43 bits per heavy atom. The van der Waals surface area contributed by atoms with Gasteiger partial charge >= 0.3 is 0 Å². The fourth-order valence-corrected chi connectivity index (χ4v) is 4.47. The molecule has 1 fully saturated rings. The normalized spacial score (nSPS) is 16.3.